The summed E-state index contributed by atoms with van der Waals surface area (Å²) in [7, 11) is 3.25. The van der Waals surface area contributed by atoms with Gasteiger partial charge in [0.2, 0.25) is 0 Å². The number of urea groups is 1. The number of ether oxygens (including phenoxy) is 3. The molecule has 0 aliphatic carbocycles. The van der Waals surface area contributed by atoms with Crippen LogP contribution in [0.25, 0.3) is 0 Å². The first-order chi connectivity index (χ1) is 13.8. The van der Waals surface area contributed by atoms with Gasteiger partial charge in [-0.15, -0.1) is 0 Å². The molecule has 0 bridgehead atoms. The predicted molar refractivity (Wildman–Crippen MR) is 115 cm³/mol. The minimum Gasteiger partial charge on any atom is -0.497 e. The molecule has 2 N–H and O–H groups in total. The zero-order valence-electron chi connectivity index (χ0n) is 18.1. The third-order valence-electron chi connectivity index (χ3n) is 4.45. The van der Waals surface area contributed by atoms with Crippen molar-refractivity contribution in [1.29, 1.82) is 0 Å². The Kier molecular flexibility index (Phi) is 8.19. The zero-order valence-corrected chi connectivity index (χ0v) is 18.1. The first-order valence-electron chi connectivity index (χ1n) is 9.87. The molecule has 2 aromatic carbocycles. The summed E-state index contributed by atoms with van der Waals surface area (Å²) in [5.74, 6) is 2.15. The number of hydrogen-bond acceptors (Lipinski definition) is 4. The summed E-state index contributed by atoms with van der Waals surface area (Å²) < 4.78 is 16.4. The SMILES string of the molecule is COc1cccc(CC(C)NC(=O)NC(C)c2ccc(OC(C)C)c(OC)c2)c1. The van der Waals surface area contributed by atoms with Crippen LogP contribution in [-0.4, -0.2) is 32.4 Å². The van der Waals surface area contributed by atoms with E-state index >= 15 is 0 Å². The van der Waals surface area contributed by atoms with Crippen molar-refractivity contribution in [3.05, 3.63) is 53.6 Å². The first-order valence-corrected chi connectivity index (χ1v) is 9.87. The zero-order chi connectivity index (χ0) is 21.4. The maximum Gasteiger partial charge on any atom is 0.315 e. The summed E-state index contributed by atoms with van der Waals surface area (Å²) in [6, 6.07) is 13.1. The maximum absolute atomic E-state index is 12.4. The molecule has 6 heteroatoms. The lowest BCUT2D eigenvalue weighted by Gasteiger charge is -2.20. The Morgan fingerprint density at radius 1 is 0.931 bits per heavy atom. The fourth-order valence-electron chi connectivity index (χ4n) is 3.05. The summed E-state index contributed by atoms with van der Waals surface area (Å²) in [5.41, 5.74) is 2.05. The van der Waals surface area contributed by atoms with Gasteiger partial charge in [-0.25, -0.2) is 4.79 Å². The normalized spacial score (nSPS) is 12.8. The van der Waals surface area contributed by atoms with E-state index < -0.39 is 0 Å². The van der Waals surface area contributed by atoms with E-state index in [9.17, 15) is 4.79 Å². The number of methoxy groups -OCH3 is 2. The lowest BCUT2D eigenvalue weighted by molar-refractivity contribution is 0.229. The van der Waals surface area contributed by atoms with E-state index in [0.717, 1.165) is 16.9 Å². The number of amides is 2. The van der Waals surface area contributed by atoms with E-state index in [1.807, 2.05) is 70.2 Å². The van der Waals surface area contributed by atoms with Crippen molar-refractivity contribution in [1.82, 2.24) is 10.6 Å². The highest BCUT2D eigenvalue weighted by molar-refractivity contribution is 5.74. The molecule has 0 aliphatic rings. The smallest absolute Gasteiger partial charge is 0.315 e. The highest BCUT2D eigenvalue weighted by Gasteiger charge is 2.15. The van der Waals surface area contributed by atoms with Crippen molar-refractivity contribution < 1.29 is 19.0 Å². The van der Waals surface area contributed by atoms with Crippen LogP contribution >= 0.6 is 0 Å². The van der Waals surface area contributed by atoms with Gasteiger partial charge in [0.1, 0.15) is 5.75 Å². The van der Waals surface area contributed by atoms with Gasteiger partial charge < -0.3 is 24.8 Å². The van der Waals surface area contributed by atoms with Gasteiger partial charge >= 0.3 is 6.03 Å². The largest absolute Gasteiger partial charge is 0.497 e. The molecule has 0 aromatic heterocycles. The summed E-state index contributed by atoms with van der Waals surface area (Å²) in [5, 5.41) is 5.96. The number of hydrogen-bond donors (Lipinski definition) is 2. The number of nitrogens with one attached hydrogen (secondary N) is 2. The Bertz CT molecular complexity index is 807. The molecular weight excluding hydrogens is 368 g/mol. The summed E-state index contributed by atoms with van der Waals surface area (Å²) >= 11 is 0. The molecule has 0 spiro atoms. The molecule has 2 atom stereocenters. The average molecular weight is 401 g/mol. The van der Waals surface area contributed by atoms with Gasteiger partial charge in [-0.2, -0.15) is 0 Å². The quantitative estimate of drug-likeness (QED) is 0.651. The van der Waals surface area contributed by atoms with Crippen LogP contribution in [0.1, 0.15) is 44.9 Å². The number of carbonyl (C=O) groups excluding carboxylic acids is 1. The van der Waals surface area contributed by atoms with E-state index in [4.69, 9.17) is 14.2 Å². The van der Waals surface area contributed by atoms with Crippen LogP contribution in [0.5, 0.6) is 17.2 Å². The predicted octanol–water partition coefficient (Wildman–Crippen LogP) is 4.48. The van der Waals surface area contributed by atoms with Crippen molar-refractivity contribution in [2.24, 2.45) is 0 Å². The monoisotopic (exact) mass is 400 g/mol. The molecule has 6 nitrogen and oxygen atoms in total. The minimum absolute atomic E-state index is 0.0225. The van der Waals surface area contributed by atoms with Crippen LogP contribution < -0.4 is 24.8 Å². The molecule has 2 rings (SSSR count). The van der Waals surface area contributed by atoms with Gasteiger partial charge in [0.15, 0.2) is 11.5 Å². The van der Waals surface area contributed by atoms with Crippen molar-refractivity contribution in [2.45, 2.75) is 52.3 Å². The van der Waals surface area contributed by atoms with Crippen LogP contribution in [0.2, 0.25) is 0 Å². The Morgan fingerprint density at radius 2 is 1.69 bits per heavy atom. The highest BCUT2D eigenvalue weighted by atomic mass is 16.5. The molecule has 29 heavy (non-hydrogen) atoms. The molecule has 2 amide bonds. The molecule has 0 saturated heterocycles. The van der Waals surface area contributed by atoms with Crippen LogP contribution in [-0.2, 0) is 6.42 Å². The van der Waals surface area contributed by atoms with Crippen molar-refractivity contribution in [3.8, 4) is 17.2 Å². The van der Waals surface area contributed by atoms with Crippen LogP contribution in [0.3, 0.4) is 0 Å². The van der Waals surface area contributed by atoms with Gasteiger partial charge in [-0.05, 0) is 69.5 Å². The number of rotatable bonds is 9. The number of benzene rings is 2. The summed E-state index contributed by atoms with van der Waals surface area (Å²) in [6.45, 7) is 7.85. The third-order valence-corrected chi connectivity index (χ3v) is 4.45. The Balaban J connectivity index is 1.93. The van der Waals surface area contributed by atoms with E-state index in [2.05, 4.69) is 10.6 Å². The minimum atomic E-state index is -0.214. The lowest BCUT2D eigenvalue weighted by atomic mass is 10.1. The molecule has 0 radical (unpaired) electrons. The fraction of sp³-hybridized carbons (Fsp3) is 0.435. The van der Waals surface area contributed by atoms with Crippen LogP contribution in [0.15, 0.2) is 42.5 Å². The Labute approximate surface area is 173 Å². The van der Waals surface area contributed by atoms with Gasteiger partial charge in [0.05, 0.1) is 26.4 Å². The van der Waals surface area contributed by atoms with E-state index in [0.29, 0.717) is 17.9 Å². The average Bonchev–Trinajstić information content (AvgIpc) is 2.67. The molecule has 0 heterocycles. The second-order valence-electron chi connectivity index (χ2n) is 7.37. The molecule has 158 valence electrons. The molecule has 0 fully saturated rings. The molecule has 2 unspecified atom stereocenters. The summed E-state index contributed by atoms with van der Waals surface area (Å²) in [6.07, 6.45) is 0.774. The summed E-state index contributed by atoms with van der Waals surface area (Å²) in [4.78, 5) is 12.4. The Morgan fingerprint density at radius 3 is 2.34 bits per heavy atom. The van der Waals surface area contributed by atoms with E-state index in [1.54, 1.807) is 14.2 Å². The molecule has 0 saturated carbocycles. The van der Waals surface area contributed by atoms with Crippen molar-refractivity contribution in [2.75, 3.05) is 14.2 Å². The number of carbonyl (C=O) groups is 1. The van der Waals surface area contributed by atoms with Crippen molar-refractivity contribution in [3.63, 3.8) is 0 Å². The second kappa shape index (κ2) is 10.6. The van der Waals surface area contributed by atoms with Gasteiger partial charge in [0.25, 0.3) is 0 Å². The second-order valence-corrected chi connectivity index (χ2v) is 7.37. The molecule has 2 aromatic rings. The molecule has 0 aliphatic heterocycles. The van der Waals surface area contributed by atoms with Gasteiger partial charge in [0, 0.05) is 6.04 Å². The maximum atomic E-state index is 12.4. The molecular formula is C23H32N2O4. The van der Waals surface area contributed by atoms with Crippen LogP contribution in [0.4, 0.5) is 4.79 Å². The first kappa shape index (κ1) is 22.4. The van der Waals surface area contributed by atoms with Gasteiger partial charge in [-0.1, -0.05) is 18.2 Å². The van der Waals surface area contributed by atoms with E-state index in [-0.39, 0.29) is 24.2 Å². The van der Waals surface area contributed by atoms with E-state index in [1.165, 1.54) is 0 Å². The Hall–Kier alpha value is -2.89. The van der Waals surface area contributed by atoms with Crippen molar-refractivity contribution >= 4 is 6.03 Å². The fourth-order valence-corrected chi connectivity index (χ4v) is 3.05. The third kappa shape index (κ3) is 6.89. The highest BCUT2D eigenvalue weighted by Crippen LogP contribution is 2.31. The van der Waals surface area contributed by atoms with Crippen LogP contribution in [0, 0.1) is 0 Å². The lowest BCUT2D eigenvalue weighted by Crippen LogP contribution is -2.42. The van der Waals surface area contributed by atoms with Gasteiger partial charge in [-0.3, -0.25) is 0 Å². The topological polar surface area (TPSA) is 68.8 Å². The standard InChI is InChI=1S/C23H32N2O4/c1-15(2)29-21-11-10-19(14-22(21)28-6)17(4)25-23(26)24-16(3)12-18-8-7-9-20(13-18)27-5/h7-11,13-17H,12H2,1-6H3,(H2,24,25,26).